The van der Waals surface area contributed by atoms with Gasteiger partial charge in [0.05, 0.1) is 4.90 Å². The van der Waals surface area contributed by atoms with Gasteiger partial charge in [0.25, 0.3) is 0 Å². The largest absolute Gasteiger partial charge is 0.488 e. The van der Waals surface area contributed by atoms with Gasteiger partial charge in [-0.05, 0) is 47.9 Å². The van der Waals surface area contributed by atoms with Crippen molar-refractivity contribution in [3.63, 3.8) is 0 Å². The fourth-order valence-electron chi connectivity index (χ4n) is 2.30. The van der Waals surface area contributed by atoms with E-state index in [9.17, 15) is 12.8 Å². The van der Waals surface area contributed by atoms with Gasteiger partial charge in [-0.1, -0.05) is 6.07 Å². The van der Waals surface area contributed by atoms with Gasteiger partial charge in [0, 0.05) is 11.8 Å². The highest BCUT2D eigenvalue weighted by atomic mass is 32.2. The Morgan fingerprint density at radius 3 is 2.60 bits per heavy atom. The number of benzene rings is 2. The second-order valence-electron chi connectivity index (χ2n) is 4.98. The van der Waals surface area contributed by atoms with E-state index >= 15 is 0 Å². The Morgan fingerprint density at radius 2 is 1.90 bits per heavy atom. The average molecular weight is 292 g/mol. The summed E-state index contributed by atoms with van der Waals surface area (Å²) in [4.78, 5) is 0.227. The molecular formula is C15H13FO3S. The maximum atomic E-state index is 13.8. The Morgan fingerprint density at radius 1 is 1.15 bits per heavy atom. The number of aryl methyl sites for hydroxylation is 1. The molecule has 0 unspecified atom stereocenters. The van der Waals surface area contributed by atoms with Crippen LogP contribution in [0.25, 0.3) is 11.1 Å². The average Bonchev–Trinajstić information content (AvgIpc) is 2.38. The molecule has 1 aliphatic rings. The molecule has 0 aromatic heterocycles. The molecular weight excluding hydrogens is 279 g/mol. The number of hydrogen-bond donors (Lipinski definition) is 0. The fourth-order valence-corrected chi connectivity index (χ4v) is 2.95. The molecule has 3 rings (SSSR count). The summed E-state index contributed by atoms with van der Waals surface area (Å²) in [5.41, 5.74) is 2.67. The fraction of sp³-hybridized carbons (Fsp3) is 0.200. The molecule has 0 N–H and O–H groups in total. The number of ether oxygens (including phenoxy) is 1. The van der Waals surface area contributed by atoms with Gasteiger partial charge in [-0.25, -0.2) is 12.8 Å². The maximum absolute atomic E-state index is 13.8. The summed E-state index contributed by atoms with van der Waals surface area (Å²) in [7, 11) is -3.29. The monoisotopic (exact) mass is 292 g/mol. The third-order valence-corrected chi connectivity index (χ3v) is 4.55. The van der Waals surface area contributed by atoms with Crippen LogP contribution in [0, 0.1) is 12.7 Å². The van der Waals surface area contributed by atoms with Crippen molar-refractivity contribution < 1.29 is 17.5 Å². The Balaban J connectivity index is 2.27. The van der Waals surface area contributed by atoms with Gasteiger partial charge in [-0.15, -0.1) is 0 Å². The quantitative estimate of drug-likeness (QED) is 0.811. The summed E-state index contributed by atoms with van der Waals surface area (Å²) in [6, 6.07) is 7.88. The second-order valence-corrected chi connectivity index (χ2v) is 6.99. The first kappa shape index (κ1) is 13.1. The molecule has 2 aromatic rings. The van der Waals surface area contributed by atoms with Crippen LogP contribution in [0.5, 0.6) is 5.75 Å². The molecule has 0 bridgehead atoms. The first-order valence-corrected chi connectivity index (χ1v) is 8.02. The number of sulfone groups is 1. The van der Waals surface area contributed by atoms with Crippen molar-refractivity contribution in [3.05, 3.63) is 47.3 Å². The number of hydrogen-bond acceptors (Lipinski definition) is 3. The van der Waals surface area contributed by atoms with Crippen molar-refractivity contribution in [2.75, 3.05) is 6.26 Å². The van der Waals surface area contributed by atoms with Crippen LogP contribution in [0.3, 0.4) is 0 Å². The highest BCUT2D eigenvalue weighted by molar-refractivity contribution is 7.90. The summed E-state index contributed by atoms with van der Waals surface area (Å²) in [6.07, 6.45) is 1.16. The first-order valence-electron chi connectivity index (χ1n) is 6.12. The van der Waals surface area contributed by atoms with Crippen molar-refractivity contribution in [3.8, 4) is 16.9 Å². The Hall–Kier alpha value is -1.88. The minimum atomic E-state index is -3.29. The highest BCUT2D eigenvalue weighted by Crippen LogP contribution is 2.39. The third-order valence-electron chi connectivity index (χ3n) is 3.44. The molecule has 0 atom stereocenters. The van der Waals surface area contributed by atoms with Crippen LogP contribution in [0.15, 0.2) is 35.2 Å². The molecule has 0 radical (unpaired) electrons. The number of fused-ring (bicyclic) bond motifs is 3. The standard InChI is InChI=1S/C15H13FO3S/c1-9-5-15-13(7-14(9)16)12-6-11(20(2,17)18)4-3-10(12)8-19-15/h3-7H,8H2,1-2H3. The van der Waals surface area contributed by atoms with Crippen LogP contribution < -0.4 is 4.74 Å². The van der Waals surface area contributed by atoms with Crippen molar-refractivity contribution >= 4 is 9.84 Å². The van der Waals surface area contributed by atoms with Crippen LogP contribution in [0.4, 0.5) is 4.39 Å². The highest BCUT2D eigenvalue weighted by Gasteiger charge is 2.21. The SMILES string of the molecule is Cc1cc2c(cc1F)-c1cc(S(C)(=O)=O)ccc1CO2. The molecule has 0 amide bonds. The van der Waals surface area contributed by atoms with Crippen LogP contribution in [0.1, 0.15) is 11.1 Å². The zero-order valence-corrected chi connectivity index (χ0v) is 11.9. The summed E-state index contributed by atoms with van der Waals surface area (Å²) in [6.45, 7) is 2.03. The zero-order valence-electron chi connectivity index (χ0n) is 11.1. The lowest BCUT2D eigenvalue weighted by atomic mass is 9.96. The van der Waals surface area contributed by atoms with E-state index in [1.165, 1.54) is 6.07 Å². The lowest BCUT2D eigenvalue weighted by molar-refractivity contribution is 0.301. The van der Waals surface area contributed by atoms with E-state index < -0.39 is 9.84 Å². The Bertz CT molecular complexity index is 810. The third kappa shape index (κ3) is 2.08. The lowest BCUT2D eigenvalue weighted by Gasteiger charge is -2.22. The van der Waals surface area contributed by atoms with Gasteiger partial charge in [-0.2, -0.15) is 0 Å². The van der Waals surface area contributed by atoms with Gasteiger partial charge >= 0.3 is 0 Å². The smallest absolute Gasteiger partial charge is 0.175 e. The van der Waals surface area contributed by atoms with Crippen LogP contribution in [-0.2, 0) is 16.4 Å². The molecule has 104 valence electrons. The van der Waals surface area contributed by atoms with Crippen LogP contribution >= 0.6 is 0 Å². The molecule has 0 spiro atoms. The number of rotatable bonds is 1. The minimum Gasteiger partial charge on any atom is -0.488 e. The second kappa shape index (κ2) is 4.31. The number of halogens is 1. The summed E-state index contributed by atoms with van der Waals surface area (Å²) >= 11 is 0. The van der Waals surface area contributed by atoms with Gasteiger partial charge in [-0.3, -0.25) is 0 Å². The van der Waals surface area contributed by atoms with E-state index in [-0.39, 0.29) is 10.7 Å². The van der Waals surface area contributed by atoms with Crippen LogP contribution in [-0.4, -0.2) is 14.7 Å². The molecule has 5 heteroatoms. The van der Waals surface area contributed by atoms with Gasteiger partial charge in [0.2, 0.25) is 0 Å². The molecule has 2 aromatic carbocycles. The van der Waals surface area contributed by atoms with Crippen molar-refractivity contribution in [2.24, 2.45) is 0 Å². The molecule has 0 fully saturated rings. The topological polar surface area (TPSA) is 43.4 Å². The summed E-state index contributed by atoms with van der Waals surface area (Å²) < 4.78 is 42.6. The molecule has 1 heterocycles. The van der Waals surface area contributed by atoms with Gasteiger partial charge in [0.1, 0.15) is 18.2 Å². The van der Waals surface area contributed by atoms with E-state index in [0.717, 1.165) is 11.8 Å². The summed E-state index contributed by atoms with van der Waals surface area (Å²) in [5, 5.41) is 0. The van der Waals surface area contributed by atoms with Crippen molar-refractivity contribution in [2.45, 2.75) is 18.4 Å². The predicted octanol–water partition coefficient (Wildman–Crippen LogP) is 3.10. The van der Waals surface area contributed by atoms with Crippen LogP contribution in [0.2, 0.25) is 0 Å². The molecule has 20 heavy (non-hydrogen) atoms. The first-order chi connectivity index (χ1) is 9.36. The van der Waals surface area contributed by atoms with E-state index in [1.54, 1.807) is 31.2 Å². The van der Waals surface area contributed by atoms with E-state index in [2.05, 4.69) is 0 Å². The van der Waals surface area contributed by atoms with E-state index in [0.29, 0.717) is 29.0 Å². The van der Waals surface area contributed by atoms with E-state index in [1.807, 2.05) is 0 Å². The Labute approximate surface area is 116 Å². The molecule has 0 saturated carbocycles. The molecule has 0 saturated heterocycles. The predicted molar refractivity (Wildman–Crippen MR) is 74.0 cm³/mol. The van der Waals surface area contributed by atoms with Crippen molar-refractivity contribution in [1.29, 1.82) is 0 Å². The maximum Gasteiger partial charge on any atom is 0.175 e. The molecule has 3 nitrogen and oxygen atoms in total. The molecule has 0 aliphatic carbocycles. The minimum absolute atomic E-state index is 0.227. The lowest BCUT2D eigenvalue weighted by Crippen LogP contribution is -2.08. The van der Waals surface area contributed by atoms with Gasteiger partial charge < -0.3 is 4.74 Å². The zero-order chi connectivity index (χ0) is 14.5. The van der Waals surface area contributed by atoms with E-state index in [4.69, 9.17) is 4.74 Å². The van der Waals surface area contributed by atoms with Crippen molar-refractivity contribution in [1.82, 2.24) is 0 Å². The normalized spacial score (nSPS) is 13.3. The Kier molecular flexibility index (Phi) is 2.83. The van der Waals surface area contributed by atoms with Gasteiger partial charge in [0.15, 0.2) is 9.84 Å². The molecule has 1 aliphatic heterocycles. The summed E-state index contributed by atoms with van der Waals surface area (Å²) in [5.74, 6) is 0.256.